The minimum absolute atomic E-state index is 0.0896. The highest BCUT2D eigenvalue weighted by Crippen LogP contribution is 2.26. The van der Waals surface area contributed by atoms with Gasteiger partial charge in [0.05, 0.1) is 5.56 Å². The number of aliphatic hydroxyl groups excluding tert-OH is 1. The van der Waals surface area contributed by atoms with Crippen molar-refractivity contribution >= 4 is 73.7 Å². The second kappa shape index (κ2) is 6.53. The largest absolute Gasteiger partial charge is 0.396 e. The number of nitrogens with zero attached hydrogens (tertiary/aromatic N) is 1. The zero-order chi connectivity index (χ0) is 13.3. The molecule has 1 unspecified atom stereocenters. The molecule has 1 amide bonds. The van der Waals surface area contributed by atoms with Gasteiger partial charge in [-0.25, -0.2) is 0 Å². The fourth-order valence-electron chi connectivity index (χ4n) is 2.05. The Labute approximate surface area is 147 Å². The van der Waals surface area contributed by atoms with Gasteiger partial charge in [0.15, 0.2) is 0 Å². The lowest BCUT2D eigenvalue weighted by atomic mass is 10.1. The molecule has 1 aliphatic heterocycles. The summed E-state index contributed by atoms with van der Waals surface area (Å²) in [4.78, 5) is 14.3. The molecule has 2 rings (SSSR count). The lowest BCUT2D eigenvalue weighted by Crippen LogP contribution is -2.30. The van der Waals surface area contributed by atoms with Gasteiger partial charge in [0.2, 0.25) is 0 Å². The topological polar surface area (TPSA) is 40.5 Å². The minimum atomic E-state index is 0.0896. The molecule has 1 N–H and O–H groups in total. The number of benzene rings is 1. The number of hydrogen-bond donors (Lipinski definition) is 1. The highest BCUT2D eigenvalue weighted by atomic mass is 127. The molecule has 1 aromatic carbocycles. The molecule has 3 nitrogen and oxygen atoms in total. The van der Waals surface area contributed by atoms with Gasteiger partial charge in [-0.05, 0) is 86.3 Å². The molecular weight excluding hydrogens is 571 g/mol. The predicted octanol–water partition coefficient (Wildman–Crippen LogP) is 2.95. The van der Waals surface area contributed by atoms with Crippen molar-refractivity contribution in [3.05, 3.63) is 28.4 Å². The molecule has 0 bridgehead atoms. The van der Waals surface area contributed by atoms with Crippen molar-refractivity contribution in [1.29, 1.82) is 0 Å². The maximum Gasteiger partial charge on any atom is 0.255 e. The third-order valence-electron chi connectivity index (χ3n) is 3.05. The molecule has 0 aliphatic carbocycles. The minimum Gasteiger partial charge on any atom is -0.396 e. The summed E-state index contributed by atoms with van der Waals surface area (Å²) >= 11 is 6.73. The first-order valence-electron chi connectivity index (χ1n) is 5.57. The zero-order valence-corrected chi connectivity index (χ0v) is 16.0. The van der Waals surface area contributed by atoms with E-state index in [0.717, 1.165) is 29.2 Å². The van der Waals surface area contributed by atoms with Crippen LogP contribution in [0.2, 0.25) is 0 Å². The number of aliphatic hydroxyl groups is 1. The van der Waals surface area contributed by atoms with Gasteiger partial charge in [0, 0.05) is 36.3 Å². The van der Waals surface area contributed by atoms with Crippen LogP contribution in [0.1, 0.15) is 16.8 Å². The molecule has 0 saturated carbocycles. The fraction of sp³-hybridized carbons (Fsp3) is 0.417. The van der Waals surface area contributed by atoms with Crippen LogP contribution in [0.15, 0.2) is 12.1 Å². The Morgan fingerprint density at radius 1 is 1.39 bits per heavy atom. The van der Waals surface area contributed by atoms with Gasteiger partial charge < -0.3 is 10.0 Å². The molecule has 1 atom stereocenters. The summed E-state index contributed by atoms with van der Waals surface area (Å²) in [6.07, 6.45) is 0.903. The number of hydrogen-bond acceptors (Lipinski definition) is 2. The second-order valence-corrected chi connectivity index (χ2v) is 7.82. The summed E-state index contributed by atoms with van der Waals surface area (Å²) in [7, 11) is 0. The molecular formula is C12H12I3NO2. The highest BCUT2D eigenvalue weighted by Gasteiger charge is 2.27. The lowest BCUT2D eigenvalue weighted by molar-refractivity contribution is 0.0780. The van der Waals surface area contributed by atoms with E-state index in [2.05, 4.69) is 73.8 Å². The second-order valence-electron chi connectivity index (χ2n) is 4.34. The normalized spacial score (nSPS) is 19.3. The van der Waals surface area contributed by atoms with Crippen LogP contribution >= 0.6 is 67.8 Å². The summed E-state index contributed by atoms with van der Waals surface area (Å²) in [6.45, 7) is 1.60. The molecule has 18 heavy (non-hydrogen) atoms. The van der Waals surface area contributed by atoms with E-state index in [1.54, 1.807) is 0 Å². The molecule has 0 radical (unpaired) electrons. The molecule has 1 aromatic rings. The molecule has 0 aromatic heterocycles. The summed E-state index contributed by atoms with van der Waals surface area (Å²) in [5.41, 5.74) is 0.783. The molecule has 1 saturated heterocycles. The standard InChI is InChI=1S/C12H12I3NO2/c13-8-3-9(11(15)10(14)4-8)12(18)16-2-1-7(5-16)6-17/h3-4,7,17H,1-2,5-6H2. The van der Waals surface area contributed by atoms with Gasteiger partial charge >= 0.3 is 0 Å². The van der Waals surface area contributed by atoms with E-state index in [-0.39, 0.29) is 18.4 Å². The van der Waals surface area contributed by atoms with Gasteiger partial charge in [0.1, 0.15) is 0 Å². The molecule has 6 heteroatoms. The van der Waals surface area contributed by atoms with Crippen LogP contribution in [0.3, 0.4) is 0 Å². The van der Waals surface area contributed by atoms with Crippen molar-refractivity contribution in [1.82, 2.24) is 4.90 Å². The Kier molecular flexibility index (Phi) is 5.52. The van der Waals surface area contributed by atoms with Gasteiger partial charge in [-0.15, -0.1) is 0 Å². The predicted molar refractivity (Wildman–Crippen MR) is 95.7 cm³/mol. The van der Waals surface area contributed by atoms with Crippen molar-refractivity contribution in [3.63, 3.8) is 0 Å². The maximum atomic E-state index is 12.5. The van der Waals surface area contributed by atoms with E-state index >= 15 is 0 Å². The fourth-order valence-corrected chi connectivity index (χ4v) is 4.43. The number of rotatable bonds is 2. The zero-order valence-electron chi connectivity index (χ0n) is 9.50. The third kappa shape index (κ3) is 3.29. The quantitative estimate of drug-likeness (QED) is 0.431. The molecule has 1 heterocycles. The van der Waals surface area contributed by atoms with E-state index in [1.807, 2.05) is 11.0 Å². The van der Waals surface area contributed by atoms with E-state index in [0.29, 0.717) is 6.54 Å². The van der Waals surface area contributed by atoms with E-state index in [1.165, 1.54) is 0 Å². The van der Waals surface area contributed by atoms with Crippen molar-refractivity contribution in [2.24, 2.45) is 5.92 Å². The summed E-state index contributed by atoms with van der Waals surface area (Å²) in [5.74, 6) is 0.334. The Hall–Kier alpha value is 0.840. The number of carbonyl (C=O) groups is 1. The van der Waals surface area contributed by atoms with Crippen molar-refractivity contribution in [2.45, 2.75) is 6.42 Å². The van der Waals surface area contributed by atoms with Gasteiger partial charge in [0.25, 0.3) is 5.91 Å². The molecule has 1 fully saturated rings. The van der Waals surface area contributed by atoms with Crippen LogP contribution in [0.5, 0.6) is 0 Å². The number of likely N-dealkylation sites (tertiary alicyclic amines) is 1. The SMILES string of the molecule is O=C(c1cc(I)cc(I)c1I)N1CCC(CO)C1. The van der Waals surface area contributed by atoms with Gasteiger partial charge in [-0.3, -0.25) is 4.79 Å². The Balaban J connectivity index is 2.24. The molecule has 0 spiro atoms. The summed E-state index contributed by atoms with van der Waals surface area (Å²) in [5, 5.41) is 9.14. The van der Waals surface area contributed by atoms with Crippen LogP contribution < -0.4 is 0 Å². The highest BCUT2D eigenvalue weighted by molar-refractivity contribution is 14.1. The summed E-state index contributed by atoms with van der Waals surface area (Å²) in [6, 6.07) is 4.01. The monoisotopic (exact) mass is 583 g/mol. The first kappa shape index (κ1) is 15.2. The summed E-state index contributed by atoms with van der Waals surface area (Å²) < 4.78 is 3.21. The average Bonchev–Trinajstić information content (AvgIpc) is 2.81. The Morgan fingerprint density at radius 2 is 2.11 bits per heavy atom. The van der Waals surface area contributed by atoms with Crippen LogP contribution in [0, 0.1) is 16.6 Å². The number of carbonyl (C=O) groups excluding carboxylic acids is 1. The van der Waals surface area contributed by atoms with Crippen LogP contribution in [-0.4, -0.2) is 35.6 Å². The van der Waals surface area contributed by atoms with E-state index in [4.69, 9.17) is 5.11 Å². The average molecular weight is 583 g/mol. The smallest absolute Gasteiger partial charge is 0.255 e. The number of halogens is 3. The first-order chi connectivity index (χ1) is 8.52. The maximum absolute atomic E-state index is 12.5. The van der Waals surface area contributed by atoms with Crippen LogP contribution in [0.25, 0.3) is 0 Å². The van der Waals surface area contributed by atoms with Crippen molar-refractivity contribution < 1.29 is 9.90 Å². The van der Waals surface area contributed by atoms with Gasteiger partial charge in [-0.1, -0.05) is 0 Å². The van der Waals surface area contributed by atoms with E-state index < -0.39 is 0 Å². The molecule has 98 valence electrons. The van der Waals surface area contributed by atoms with Crippen molar-refractivity contribution in [3.8, 4) is 0 Å². The van der Waals surface area contributed by atoms with Crippen LogP contribution in [0.4, 0.5) is 0 Å². The van der Waals surface area contributed by atoms with Gasteiger partial charge in [-0.2, -0.15) is 0 Å². The Morgan fingerprint density at radius 3 is 2.72 bits per heavy atom. The van der Waals surface area contributed by atoms with Crippen LogP contribution in [-0.2, 0) is 0 Å². The first-order valence-corrected chi connectivity index (χ1v) is 8.81. The van der Waals surface area contributed by atoms with Crippen molar-refractivity contribution in [2.75, 3.05) is 19.7 Å². The Bertz CT molecular complexity index is 479. The van der Waals surface area contributed by atoms with E-state index in [9.17, 15) is 4.79 Å². The lowest BCUT2D eigenvalue weighted by Gasteiger charge is -2.17. The number of amides is 1. The molecule has 1 aliphatic rings. The third-order valence-corrected chi connectivity index (χ3v) is 6.72.